The van der Waals surface area contributed by atoms with E-state index in [4.69, 9.17) is 0 Å². The molecule has 1 unspecified atom stereocenters. The van der Waals surface area contributed by atoms with E-state index in [0.29, 0.717) is 11.0 Å². The van der Waals surface area contributed by atoms with Gasteiger partial charge < -0.3 is 9.88 Å². The lowest BCUT2D eigenvalue weighted by molar-refractivity contribution is -0.115. The zero-order chi connectivity index (χ0) is 17.8. The van der Waals surface area contributed by atoms with Crippen molar-refractivity contribution in [2.24, 2.45) is 7.05 Å². The Morgan fingerprint density at radius 2 is 1.80 bits per heavy atom. The molecule has 1 amide bonds. The van der Waals surface area contributed by atoms with Crippen LogP contribution in [0.3, 0.4) is 0 Å². The van der Waals surface area contributed by atoms with Crippen LogP contribution >= 0.6 is 11.8 Å². The number of halogens is 1. The average molecular weight is 356 g/mol. The van der Waals surface area contributed by atoms with Crippen molar-refractivity contribution in [3.05, 3.63) is 60.4 Å². The van der Waals surface area contributed by atoms with Crippen molar-refractivity contribution in [2.75, 3.05) is 5.32 Å². The third kappa shape index (κ3) is 4.06. The Hall–Kier alpha value is -2.67. The number of carbonyl (C=O) groups is 1. The highest BCUT2D eigenvalue weighted by Gasteiger charge is 2.19. The third-order valence-electron chi connectivity index (χ3n) is 3.63. The molecule has 1 N–H and O–H groups in total. The molecule has 3 rings (SSSR count). The highest BCUT2D eigenvalue weighted by atomic mass is 32.2. The van der Waals surface area contributed by atoms with Crippen LogP contribution in [0.4, 0.5) is 10.1 Å². The predicted octanol–water partition coefficient (Wildman–Crippen LogP) is 3.74. The van der Waals surface area contributed by atoms with Gasteiger partial charge in [-0.1, -0.05) is 30.0 Å². The summed E-state index contributed by atoms with van der Waals surface area (Å²) in [4.78, 5) is 12.3. The van der Waals surface area contributed by atoms with E-state index in [-0.39, 0.29) is 17.0 Å². The topological polar surface area (TPSA) is 59.8 Å². The third-order valence-corrected chi connectivity index (χ3v) is 4.76. The second kappa shape index (κ2) is 7.48. The Kier molecular flexibility index (Phi) is 5.14. The highest BCUT2D eigenvalue weighted by molar-refractivity contribution is 8.00. The maximum atomic E-state index is 13.1. The SMILES string of the molecule is CC(Sc1nnc(-c2ccc(F)cc2)n1C)C(=O)Nc1ccccc1. The first kappa shape index (κ1) is 17.2. The van der Waals surface area contributed by atoms with Gasteiger partial charge in [-0.15, -0.1) is 10.2 Å². The van der Waals surface area contributed by atoms with Gasteiger partial charge in [-0.3, -0.25) is 4.79 Å². The van der Waals surface area contributed by atoms with E-state index in [0.717, 1.165) is 11.3 Å². The Balaban J connectivity index is 1.70. The monoisotopic (exact) mass is 356 g/mol. The summed E-state index contributed by atoms with van der Waals surface area (Å²) in [5.41, 5.74) is 1.52. The molecule has 25 heavy (non-hydrogen) atoms. The van der Waals surface area contributed by atoms with E-state index in [1.54, 1.807) is 16.7 Å². The molecule has 0 spiro atoms. The molecule has 128 valence electrons. The maximum Gasteiger partial charge on any atom is 0.237 e. The van der Waals surface area contributed by atoms with Crippen LogP contribution < -0.4 is 5.32 Å². The zero-order valence-corrected chi connectivity index (χ0v) is 14.6. The fraction of sp³-hybridized carbons (Fsp3) is 0.167. The minimum absolute atomic E-state index is 0.109. The molecule has 5 nitrogen and oxygen atoms in total. The number of nitrogens with one attached hydrogen (secondary N) is 1. The number of benzene rings is 2. The van der Waals surface area contributed by atoms with Crippen molar-refractivity contribution in [1.29, 1.82) is 0 Å². The van der Waals surface area contributed by atoms with Gasteiger partial charge in [0, 0.05) is 18.3 Å². The van der Waals surface area contributed by atoms with Gasteiger partial charge in [0.2, 0.25) is 5.91 Å². The molecule has 0 radical (unpaired) electrons. The number of nitrogens with zero attached hydrogens (tertiary/aromatic N) is 3. The molecule has 0 aliphatic heterocycles. The van der Waals surface area contributed by atoms with E-state index in [9.17, 15) is 9.18 Å². The quantitative estimate of drug-likeness (QED) is 0.708. The van der Waals surface area contributed by atoms with Crippen LogP contribution in [0.1, 0.15) is 6.92 Å². The highest BCUT2D eigenvalue weighted by Crippen LogP contribution is 2.26. The van der Waals surface area contributed by atoms with Gasteiger partial charge in [0.25, 0.3) is 0 Å². The second-order valence-electron chi connectivity index (χ2n) is 5.49. The van der Waals surface area contributed by atoms with Gasteiger partial charge in [0.15, 0.2) is 11.0 Å². The van der Waals surface area contributed by atoms with Gasteiger partial charge in [0.05, 0.1) is 5.25 Å². The maximum absolute atomic E-state index is 13.1. The van der Waals surface area contributed by atoms with Crippen LogP contribution in [0.25, 0.3) is 11.4 Å². The summed E-state index contributed by atoms with van der Waals surface area (Å²) in [5.74, 6) is 0.215. The van der Waals surface area contributed by atoms with Gasteiger partial charge in [0.1, 0.15) is 5.82 Å². The minimum atomic E-state index is -0.343. The number of carbonyl (C=O) groups excluding carboxylic acids is 1. The van der Waals surface area contributed by atoms with Crippen LogP contribution in [0.15, 0.2) is 59.8 Å². The molecule has 3 aromatic rings. The van der Waals surface area contributed by atoms with E-state index < -0.39 is 0 Å². The molecular formula is C18H17FN4OS. The van der Waals surface area contributed by atoms with E-state index in [2.05, 4.69) is 15.5 Å². The Labute approximate surface area is 149 Å². The molecule has 0 fully saturated rings. The first-order valence-corrected chi connectivity index (χ1v) is 8.60. The largest absolute Gasteiger partial charge is 0.325 e. The van der Waals surface area contributed by atoms with Crippen LogP contribution in [0.2, 0.25) is 0 Å². The molecule has 7 heteroatoms. The van der Waals surface area contributed by atoms with Gasteiger partial charge in [-0.2, -0.15) is 0 Å². The molecule has 1 aromatic heterocycles. The standard InChI is InChI=1S/C18H17FN4OS/c1-12(17(24)20-15-6-4-3-5-7-15)25-18-22-21-16(23(18)2)13-8-10-14(19)11-9-13/h3-12H,1-2H3,(H,20,24). The van der Waals surface area contributed by atoms with Crippen molar-refractivity contribution in [2.45, 2.75) is 17.3 Å². The predicted molar refractivity (Wildman–Crippen MR) is 96.8 cm³/mol. The molecular weight excluding hydrogens is 339 g/mol. The fourth-order valence-electron chi connectivity index (χ4n) is 2.24. The summed E-state index contributed by atoms with van der Waals surface area (Å²) in [6.07, 6.45) is 0. The van der Waals surface area contributed by atoms with Crippen LogP contribution in [-0.4, -0.2) is 25.9 Å². The summed E-state index contributed by atoms with van der Waals surface area (Å²) >= 11 is 1.32. The number of amides is 1. The number of hydrogen-bond donors (Lipinski definition) is 1. The lowest BCUT2D eigenvalue weighted by Gasteiger charge is -2.11. The lowest BCUT2D eigenvalue weighted by atomic mass is 10.2. The van der Waals surface area contributed by atoms with Crippen molar-refractivity contribution in [1.82, 2.24) is 14.8 Å². The van der Waals surface area contributed by atoms with E-state index in [1.807, 2.05) is 44.3 Å². The minimum Gasteiger partial charge on any atom is -0.325 e. The average Bonchev–Trinajstić information content (AvgIpc) is 2.97. The summed E-state index contributed by atoms with van der Waals surface area (Å²) < 4.78 is 14.9. The lowest BCUT2D eigenvalue weighted by Crippen LogP contribution is -2.22. The van der Waals surface area contributed by atoms with Gasteiger partial charge in [-0.25, -0.2) is 4.39 Å². The van der Waals surface area contributed by atoms with Gasteiger partial charge >= 0.3 is 0 Å². The Bertz CT molecular complexity index is 865. The number of hydrogen-bond acceptors (Lipinski definition) is 4. The van der Waals surface area contributed by atoms with Crippen molar-refractivity contribution in [3.8, 4) is 11.4 Å². The van der Waals surface area contributed by atoms with E-state index in [1.165, 1.54) is 23.9 Å². The van der Waals surface area contributed by atoms with Crippen LogP contribution in [-0.2, 0) is 11.8 Å². The van der Waals surface area contributed by atoms with Gasteiger partial charge in [-0.05, 0) is 43.3 Å². The number of anilines is 1. The fourth-order valence-corrected chi connectivity index (χ4v) is 3.06. The summed E-state index contributed by atoms with van der Waals surface area (Å²) in [5, 5.41) is 11.4. The summed E-state index contributed by atoms with van der Waals surface area (Å²) in [6, 6.07) is 15.4. The molecule has 0 saturated heterocycles. The van der Waals surface area contributed by atoms with Crippen molar-refractivity contribution in [3.63, 3.8) is 0 Å². The molecule has 0 aliphatic rings. The summed E-state index contributed by atoms with van der Waals surface area (Å²) in [7, 11) is 1.82. The normalized spacial score (nSPS) is 12.0. The van der Waals surface area contributed by atoms with Crippen molar-refractivity contribution < 1.29 is 9.18 Å². The molecule has 0 aliphatic carbocycles. The van der Waals surface area contributed by atoms with E-state index >= 15 is 0 Å². The van der Waals surface area contributed by atoms with Crippen molar-refractivity contribution >= 4 is 23.4 Å². The molecule has 0 bridgehead atoms. The first-order chi connectivity index (χ1) is 12.0. The summed E-state index contributed by atoms with van der Waals surface area (Å²) in [6.45, 7) is 1.81. The van der Waals surface area contributed by atoms with Crippen LogP contribution in [0, 0.1) is 5.82 Å². The smallest absolute Gasteiger partial charge is 0.237 e. The number of rotatable bonds is 5. The zero-order valence-electron chi connectivity index (χ0n) is 13.8. The molecule has 2 aromatic carbocycles. The number of aromatic nitrogens is 3. The molecule has 0 saturated carbocycles. The Morgan fingerprint density at radius 3 is 2.48 bits per heavy atom. The number of thioether (sulfide) groups is 1. The van der Waals surface area contributed by atoms with Crippen LogP contribution in [0.5, 0.6) is 0 Å². The molecule has 1 atom stereocenters. The Morgan fingerprint density at radius 1 is 1.12 bits per heavy atom. The number of para-hydroxylation sites is 1. The molecule has 1 heterocycles. The first-order valence-electron chi connectivity index (χ1n) is 7.72. The second-order valence-corrected chi connectivity index (χ2v) is 6.80.